The number of nitrogens with one attached hydrogen (secondary N) is 2. The Morgan fingerprint density at radius 1 is 1.16 bits per heavy atom. The highest BCUT2D eigenvalue weighted by Crippen LogP contribution is 2.24. The molecule has 2 atom stereocenters. The van der Waals surface area contributed by atoms with Gasteiger partial charge in [-0.15, -0.1) is 0 Å². The predicted octanol–water partition coefficient (Wildman–Crippen LogP) is 1.74. The van der Waals surface area contributed by atoms with Crippen LogP contribution < -0.4 is 10.6 Å². The molecule has 6 heteroatoms. The number of aromatic nitrogens is 1. The summed E-state index contributed by atoms with van der Waals surface area (Å²) >= 11 is 0. The second kappa shape index (κ2) is 7.90. The summed E-state index contributed by atoms with van der Waals surface area (Å²) in [6.07, 6.45) is 2.45. The number of rotatable bonds is 4. The van der Waals surface area contributed by atoms with Gasteiger partial charge in [0.15, 0.2) is 0 Å². The SMILES string of the molecule is COC(=O)c1ccc([C@@H]2CNC[C@H](NC(=O)c3ccccn3)C2)cc1. The van der Waals surface area contributed by atoms with E-state index in [0.29, 0.717) is 11.3 Å². The zero-order valence-corrected chi connectivity index (χ0v) is 14.1. The zero-order chi connectivity index (χ0) is 17.6. The molecule has 1 fully saturated rings. The Balaban J connectivity index is 1.63. The largest absolute Gasteiger partial charge is 0.465 e. The molecule has 3 rings (SSSR count). The molecule has 130 valence electrons. The summed E-state index contributed by atoms with van der Waals surface area (Å²) in [5.74, 6) is -0.225. The fraction of sp³-hybridized carbons (Fsp3) is 0.316. The Hall–Kier alpha value is -2.73. The second-order valence-electron chi connectivity index (χ2n) is 6.09. The quantitative estimate of drug-likeness (QED) is 0.830. The van der Waals surface area contributed by atoms with Gasteiger partial charge in [0, 0.05) is 25.3 Å². The van der Waals surface area contributed by atoms with E-state index in [1.54, 1.807) is 36.5 Å². The minimum absolute atomic E-state index is 0.0357. The molecule has 0 radical (unpaired) electrons. The van der Waals surface area contributed by atoms with Crippen LogP contribution in [0, 0.1) is 0 Å². The molecular weight excluding hydrogens is 318 g/mol. The van der Waals surface area contributed by atoms with E-state index in [-0.39, 0.29) is 23.8 Å². The van der Waals surface area contributed by atoms with Crippen LogP contribution in [0.2, 0.25) is 0 Å². The number of carbonyl (C=O) groups excluding carboxylic acids is 2. The number of hydrogen-bond acceptors (Lipinski definition) is 5. The van der Waals surface area contributed by atoms with Crippen molar-refractivity contribution in [2.75, 3.05) is 20.2 Å². The maximum absolute atomic E-state index is 12.3. The first-order valence-corrected chi connectivity index (χ1v) is 8.28. The van der Waals surface area contributed by atoms with Crippen LogP contribution in [-0.4, -0.2) is 43.1 Å². The minimum Gasteiger partial charge on any atom is -0.465 e. The highest BCUT2D eigenvalue weighted by molar-refractivity contribution is 5.92. The number of carbonyl (C=O) groups is 2. The molecule has 0 bridgehead atoms. The monoisotopic (exact) mass is 339 g/mol. The number of methoxy groups -OCH3 is 1. The van der Waals surface area contributed by atoms with Crippen LogP contribution in [-0.2, 0) is 4.74 Å². The summed E-state index contributed by atoms with van der Waals surface area (Å²) in [5.41, 5.74) is 2.10. The van der Waals surface area contributed by atoms with Crippen molar-refractivity contribution in [1.82, 2.24) is 15.6 Å². The molecule has 2 N–H and O–H groups in total. The summed E-state index contributed by atoms with van der Waals surface area (Å²) in [7, 11) is 1.37. The lowest BCUT2D eigenvalue weighted by Gasteiger charge is -2.31. The van der Waals surface area contributed by atoms with Crippen LogP contribution >= 0.6 is 0 Å². The van der Waals surface area contributed by atoms with Crippen LogP contribution in [0.3, 0.4) is 0 Å². The van der Waals surface area contributed by atoms with E-state index >= 15 is 0 Å². The van der Waals surface area contributed by atoms with Gasteiger partial charge in [-0.3, -0.25) is 9.78 Å². The summed E-state index contributed by atoms with van der Waals surface area (Å²) in [5, 5.41) is 6.40. The van der Waals surface area contributed by atoms with E-state index in [4.69, 9.17) is 4.74 Å². The molecule has 1 aromatic carbocycles. The Morgan fingerprint density at radius 3 is 2.64 bits per heavy atom. The van der Waals surface area contributed by atoms with Crippen molar-refractivity contribution in [1.29, 1.82) is 0 Å². The Morgan fingerprint density at radius 2 is 1.96 bits per heavy atom. The number of piperidine rings is 1. The molecule has 6 nitrogen and oxygen atoms in total. The maximum Gasteiger partial charge on any atom is 0.337 e. The molecular formula is C19H21N3O3. The fourth-order valence-corrected chi connectivity index (χ4v) is 3.07. The van der Waals surface area contributed by atoms with Crippen molar-refractivity contribution in [3.05, 3.63) is 65.5 Å². The van der Waals surface area contributed by atoms with Crippen molar-refractivity contribution >= 4 is 11.9 Å². The van der Waals surface area contributed by atoms with Crippen LogP contribution in [0.5, 0.6) is 0 Å². The zero-order valence-electron chi connectivity index (χ0n) is 14.1. The van der Waals surface area contributed by atoms with Crippen molar-refractivity contribution in [3.63, 3.8) is 0 Å². The van der Waals surface area contributed by atoms with Crippen LogP contribution in [0.1, 0.15) is 38.7 Å². The van der Waals surface area contributed by atoms with Gasteiger partial charge in [-0.1, -0.05) is 18.2 Å². The number of hydrogen-bond donors (Lipinski definition) is 2. The van der Waals surface area contributed by atoms with E-state index in [1.807, 2.05) is 12.1 Å². The summed E-state index contributed by atoms with van der Waals surface area (Å²) < 4.78 is 4.72. The van der Waals surface area contributed by atoms with Gasteiger partial charge in [0.2, 0.25) is 0 Å². The molecule has 1 aromatic heterocycles. The molecule has 0 saturated carbocycles. The third-order valence-electron chi connectivity index (χ3n) is 4.39. The average molecular weight is 339 g/mol. The smallest absolute Gasteiger partial charge is 0.337 e. The van der Waals surface area contributed by atoms with Crippen LogP contribution in [0.4, 0.5) is 0 Å². The van der Waals surface area contributed by atoms with Crippen molar-refractivity contribution in [2.45, 2.75) is 18.4 Å². The molecule has 1 aliphatic rings. The third-order valence-corrected chi connectivity index (χ3v) is 4.39. The van der Waals surface area contributed by atoms with E-state index < -0.39 is 0 Å². The predicted molar refractivity (Wildman–Crippen MR) is 93.5 cm³/mol. The Kier molecular flexibility index (Phi) is 5.40. The van der Waals surface area contributed by atoms with Gasteiger partial charge in [-0.2, -0.15) is 0 Å². The van der Waals surface area contributed by atoms with Gasteiger partial charge in [0.1, 0.15) is 5.69 Å². The summed E-state index contributed by atoms with van der Waals surface area (Å²) in [6, 6.07) is 12.8. The van der Waals surface area contributed by atoms with Crippen molar-refractivity contribution in [2.24, 2.45) is 0 Å². The van der Waals surface area contributed by atoms with Gasteiger partial charge in [-0.05, 0) is 42.2 Å². The molecule has 0 spiro atoms. The minimum atomic E-state index is -0.339. The number of esters is 1. The van der Waals surface area contributed by atoms with Gasteiger partial charge in [-0.25, -0.2) is 4.79 Å². The van der Waals surface area contributed by atoms with Gasteiger partial charge < -0.3 is 15.4 Å². The first-order chi connectivity index (χ1) is 12.2. The molecule has 0 aliphatic carbocycles. The fourth-order valence-electron chi connectivity index (χ4n) is 3.07. The summed E-state index contributed by atoms with van der Waals surface area (Å²) in [4.78, 5) is 27.9. The molecule has 1 aliphatic heterocycles. The van der Waals surface area contributed by atoms with Gasteiger partial charge in [0.25, 0.3) is 5.91 Å². The molecule has 25 heavy (non-hydrogen) atoms. The second-order valence-corrected chi connectivity index (χ2v) is 6.09. The molecule has 0 unspecified atom stereocenters. The molecule has 2 heterocycles. The Labute approximate surface area is 146 Å². The highest BCUT2D eigenvalue weighted by atomic mass is 16.5. The lowest BCUT2D eigenvalue weighted by Crippen LogP contribution is -2.48. The van der Waals surface area contributed by atoms with Crippen molar-refractivity contribution < 1.29 is 14.3 Å². The maximum atomic E-state index is 12.3. The van der Waals surface area contributed by atoms with E-state index in [0.717, 1.165) is 25.1 Å². The third kappa shape index (κ3) is 4.22. The van der Waals surface area contributed by atoms with E-state index in [1.165, 1.54) is 7.11 Å². The normalized spacial score (nSPS) is 19.9. The van der Waals surface area contributed by atoms with Crippen LogP contribution in [0.25, 0.3) is 0 Å². The highest BCUT2D eigenvalue weighted by Gasteiger charge is 2.25. The van der Waals surface area contributed by atoms with Gasteiger partial charge in [0.05, 0.1) is 12.7 Å². The number of benzene rings is 1. The topological polar surface area (TPSA) is 80.3 Å². The lowest BCUT2D eigenvalue weighted by atomic mass is 9.88. The van der Waals surface area contributed by atoms with E-state index in [9.17, 15) is 9.59 Å². The molecule has 1 amide bonds. The first kappa shape index (κ1) is 17.1. The van der Waals surface area contributed by atoms with Crippen LogP contribution in [0.15, 0.2) is 48.7 Å². The number of amides is 1. The summed E-state index contributed by atoms with van der Waals surface area (Å²) in [6.45, 7) is 1.57. The number of nitrogens with zero attached hydrogens (tertiary/aromatic N) is 1. The van der Waals surface area contributed by atoms with Crippen molar-refractivity contribution in [3.8, 4) is 0 Å². The average Bonchev–Trinajstić information content (AvgIpc) is 2.68. The standard InChI is InChI=1S/C19H21N3O3/c1-25-19(24)14-7-5-13(6-8-14)15-10-16(12-20-11-15)22-18(23)17-4-2-3-9-21-17/h2-9,15-16,20H,10-12H2,1H3,(H,22,23)/t15-,16+/m0/s1. The molecule has 2 aromatic rings. The first-order valence-electron chi connectivity index (χ1n) is 8.28. The van der Waals surface area contributed by atoms with E-state index in [2.05, 4.69) is 15.6 Å². The number of ether oxygens (including phenoxy) is 1. The molecule has 1 saturated heterocycles. The Bertz CT molecular complexity index is 731. The van der Waals surface area contributed by atoms with Gasteiger partial charge >= 0.3 is 5.97 Å². The number of pyridine rings is 1. The lowest BCUT2D eigenvalue weighted by molar-refractivity contribution is 0.0600.